The number of hydrogen-bond donors (Lipinski definition) is 1. The Hall–Kier alpha value is -3.19. The number of benzene rings is 2. The molecule has 2 aromatic heterocycles. The molecule has 7 heteroatoms. The molecular weight excluding hydrogens is 376 g/mol. The highest BCUT2D eigenvalue weighted by molar-refractivity contribution is 7.71. The van der Waals surface area contributed by atoms with Gasteiger partial charge in [-0.2, -0.15) is 0 Å². The molecule has 6 nitrogen and oxygen atoms in total. The second-order valence-corrected chi connectivity index (χ2v) is 6.89. The molecule has 2 heterocycles. The predicted molar refractivity (Wildman–Crippen MR) is 107 cm³/mol. The van der Waals surface area contributed by atoms with Gasteiger partial charge in [0.15, 0.2) is 6.61 Å². The van der Waals surface area contributed by atoms with Crippen LogP contribution in [0.15, 0.2) is 56.1 Å². The van der Waals surface area contributed by atoms with Crippen LogP contribution >= 0.6 is 12.2 Å². The SMILES string of the molecule is Cc1c(Cc2ccccc2)c(=O)oc2c(C)c(OCc3n[nH]c(=S)o3)ccc12. The Labute approximate surface area is 165 Å². The third kappa shape index (κ3) is 3.48. The Balaban J connectivity index is 1.70. The van der Waals surface area contributed by atoms with Crippen molar-refractivity contribution in [2.24, 2.45) is 0 Å². The second-order valence-electron chi connectivity index (χ2n) is 6.52. The van der Waals surface area contributed by atoms with Gasteiger partial charge in [0.25, 0.3) is 10.7 Å². The molecule has 142 valence electrons. The summed E-state index contributed by atoms with van der Waals surface area (Å²) in [6.45, 7) is 3.93. The fourth-order valence-electron chi connectivity index (χ4n) is 3.19. The van der Waals surface area contributed by atoms with Crippen LogP contribution in [0.25, 0.3) is 11.0 Å². The summed E-state index contributed by atoms with van der Waals surface area (Å²) in [5.41, 5.74) is 3.60. The molecule has 4 rings (SSSR count). The Morgan fingerprint density at radius 2 is 1.86 bits per heavy atom. The molecule has 0 fully saturated rings. The summed E-state index contributed by atoms with van der Waals surface area (Å²) >= 11 is 4.85. The fraction of sp³-hybridized carbons (Fsp3) is 0.190. The largest absolute Gasteiger partial charge is 0.483 e. The maximum atomic E-state index is 12.7. The minimum absolute atomic E-state index is 0.120. The average Bonchev–Trinajstić information content (AvgIpc) is 3.11. The smallest absolute Gasteiger partial charge is 0.340 e. The molecule has 4 aromatic rings. The number of aryl methyl sites for hydroxylation is 2. The molecule has 1 N–H and O–H groups in total. The standard InChI is InChI=1S/C21H18N2O4S/c1-12-15-8-9-17(25-11-18-22-23-21(28)26-18)13(2)19(15)27-20(24)16(12)10-14-6-4-3-5-7-14/h3-9H,10-11H2,1-2H3,(H,23,28). The number of fused-ring (bicyclic) bond motifs is 1. The first-order chi connectivity index (χ1) is 13.5. The van der Waals surface area contributed by atoms with Gasteiger partial charge in [-0.1, -0.05) is 30.3 Å². The highest BCUT2D eigenvalue weighted by Gasteiger charge is 2.16. The molecule has 0 spiro atoms. The van der Waals surface area contributed by atoms with E-state index < -0.39 is 0 Å². The Morgan fingerprint density at radius 3 is 2.57 bits per heavy atom. The molecule has 0 amide bonds. The van der Waals surface area contributed by atoms with E-state index in [0.717, 1.165) is 22.1 Å². The highest BCUT2D eigenvalue weighted by atomic mass is 32.1. The topological polar surface area (TPSA) is 81.3 Å². The average molecular weight is 394 g/mol. The van der Waals surface area contributed by atoms with Gasteiger partial charge in [0, 0.05) is 22.9 Å². The third-order valence-electron chi connectivity index (χ3n) is 4.71. The maximum absolute atomic E-state index is 12.7. The summed E-state index contributed by atoms with van der Waals surface area (Å²) < 4.78 is 16.6. The molecule has 0 aliphatic rings. The van der Waals surface area contributed by atoms with E-state index in [4.69, 9.17) is 25.8 Å². The van der Waals surface area contributed by atoms with Crippen molar-refractivity contribution in [1.29, 1.82) is 0 Å². The quantitative estimate of drug-likeness (QED) is 0.393. The Morgan fingerprint density at radius 1 is 1.07 bits per heavy atom. The number of H-pyrrole nitrogens is 1. The monoisotopic (exact) mass is 394 g/mol. The van der Waals surface area contributed by atoms with Crippen LogP contribution in [-0.2, 0) is 13.0 Å². The van der Waals surface area contributed by atoms with E-state index in [2.05, 4.69) is 10.2 Å². The first kappa shape index (κ1) is 18.2. The molecule has 0 bridgehead atoms. The first-order valence-corrected chi connectivity index (χ1v) is 9.21. The number of aromatic amines is 1. The third-order valence-corrected chi connectivity index (χ3v) is 4.89. The van der Waals surface area contributed by atoms with Gasteiger partial charge in [-0.25, -0.2) is 9.89 Å². The van der Waals surface area contributed by atoms with Crippen molar-refractivity contribution in [3.63, 3.8) is 0 Å². The van der Waals surface area contributed by atoms with Crippen LogP contribution in [0.4, 0.5) is 0 Å². The lowest BCUT2D eigenvalue weighted by Crippen LogP contribution is -2.11. The molecule has 0 unspecified atom stereocenters. The lowest BCUT2D eigenvalue weighted by Gasteiger charge is -2.12. The van der Waals surface area contributed by atoms with Gasteiger partial charge in [-0.3, -0.25) is 0 Å². The van der Waals surface area contributed by atoms with Crippen LogP contribution in [-0.4, -0.2) is 10.2 Å². The molecule has 2 aromatic carbocycles. The van der Waals surface area contributed by atoms with Crippen LogP contribution in [0.3, 0.4) is 0 Å². The summed E-state index contributed by atoms with van der Waals surface area (Å²) in [6, 6.07) is 13.6. The minimum Gasteiger partial charge on any atom is -0.483 e. The van der Waals surface area contributed by atoms with Gasteiger partial charge in [0.2, 0.25) is 0 Å². The zero-order chi connectivity index (χ0) is 19.7. The number of hydrogen-bond acceptors (Lipinski definition) is 6. The lowest BCUT2D eigenvalue weighted by molar-refractivity contribution is 0.260. The van der Waals surface area contributed by atoms with Gasteiger partial charge in [-0.15, -0.1) is 5.10 Å². The van der Waals surface area contributed by atoms with Gasteiger partial charge in [0.05, 0.1) is 0 Å². The number of aromatic nitrogens is 2. The maximum Gasteiger partial charge on any atom is 0.340 e. The zero-order valence-corrected chi connectivity index (χ0v) is 16.3. The number of nitrogens with one attached hydrogen (secondary N) is 1. The summed E-state index contributed by atoms with van der Waals surface area (Å²) in [6.07, 6.45) is 0.534. The first-order valence-electron chi connectivity index (χ1n) is 8.80. The molecule has 0 saturated heterocycles. The fourth-order valence-corrected chi connectivity index (χ4v) is 3.34. The van der Waals surface area contributed by atoms with E-state index in [-0.39, 0.29) is 17.1 Å². The van der Waals surface area contributed by atoms with Crippen LogP contribution in [0, 0.1) is 18.7 Å². The Kier molecular flexibility index (Phi) is 4.83. The van der Waals surface area contributed by atoms with Gasteiger partial charge in [-0.05, 0) is 49.3 Å². The van der Waals surface area contributed by atoms with Crippen molar-refractivity contribution in [3.8, 4) is 5.75 Å². The number of ether oxygens (including phenoxy) is 1. The summed E-state index contributed by atoms with van der Waals surface area (Å²) in [5, 5.41) is 7.35. The molecule has 0 radical (unpaired) electrons. The minimum atomic E-state index is -0.327. The van der Waals surface area contributed by atoms with E-state index in [1.54, 1.807) is 0 Å². The molecule has 0 atom stereocenters. The van der Waals surface area contributed by atoms with Crippen LogP contribution in [0.2, 0.25) is 0 Å². The highest BCUT2D eigenvalue weighted by Crippen LogP contribution is 2.30. The van der Waals surface area contributed by atoms with E-state index in [0.29, 0.717) is 29.2 Å². The Bertz CT molecular complexity index is 1260. The van der Waals surface area contributed by atoms with Crippen molar-refractivity contribution < 1.29 is 13.6 Å². The van der Waals surface area contributed by atoms with Crippen molar-refractivity contribution in [2.45, 2.75) is 26.9 Å². The van der Waals surface area contributed by atoms with Crippen molar-refractivity contribution in [1.82, 2.24) is 10.2 Å². The van der Waals surface area contributed by atoms with Gasteiger partial charge in [0.1, 0.15) is 11.3 Å². The summed E-state index contributed by atoms with van der Waals surface area (Å²) in [4.78, 5) is 12.9. The lowest BCUT2D eigenvalue weighted by atomic mass is 9.98. The molecular formula is C21H18N2O4S. The van der Waals surface area contributed by atoms with E-state index in [1.165, 1.54) is 0 Å². The van der Waals surface area contributed by atoms with Crippen LogP contribution in [0.5, 0.6) is 5.75 Å². The van der Waals surface area contributed by atoms with Crippen LogP contribution in [0.1, 0.15) is 28.1 Å². The van der Waals surface area contributed by atoms with Crippen molar-refractivity contribution in [3.05, 3.63) is 85.9 Å². The van der Waals surface area contributed by atoms with Crippen LogP contribution < -0.4 is 10.4 Å². The van der Waals surface area contributed by atoms with Crippen molar-refractivity contribution in [2.75, 3.05) is 0 Å². The van der Waals surface area contributed by atoms with Gasteiger partial charge < -0.3 is 13.6 Å². The van der Waals surface area contributed by atoms with E-state index in [9.17, 15) is 4.79 Å². The van der Waals surface area contributed by atoms with Crippen molar-refractivity contribution >= 4 is 23.2 Å². The van der Waals surface area contributed by atoms with E-state index >= 15 is 0 Å². The predicted octanol–water partition coefficient (Wildman–Crippen LogP) is 4.63. The molecule has 0 saturated carbocycles. The molecule has 0 aliphatic carbocycles. The zero-order valence-electron chi connectivity index (χ0n) is 15.4. The normalized spacial score (nSPS) is 11.1. The molecule has 28 heavy (non-hydrogen) atoms. The van der Waals surface area contributed by atoms with Gasteiger partial charge >= 0.3 is 5.63 Å². The number of nitrogens with zero attached hydrogens (tertiary/aromatic N) is 1. The second kappa shape index (κ2) is 7.44. The molecule has 0 aliphatic heterocycles. The number of rotatable bonds is 5. The van der Waals surface area contributed by atoms with E-state index in [1.807, 2.05) is 56.3 Å². The summed E-state index contributed by atoms with van der Waals surface area (Å²) in [7, 11) is 0. The summed E-state index contributed by atoms with van der Waals surface area (Å²) in [5.74, 6) is 0.940.